The number of imidazole rings is 1. The second kappa shape index (κ2) is 8.45. The lowest BCUT2D eigenvalue weighted by atomic mass is 10.0. The molecule has 0 unspecified atom stereocenters. The predicted molar refractivity (Wildman–Crippen MR) is 115 cm³/mol. The highest BCUT2D eigenvalue weighted by molar-refractivity contribution is 9.10. The van der Waals surface area contributed by atoms with Crippen molar-refractivity contribution in [3.63, 3.8) is 0 Å². The number of hydrogen-bond donors (Lipinski definition) is 3. The number of rotatable bonds is 6. The number of phenolic OH excluding ortho intramolecular Hbond substituents is 1. The molecular weight excluding hydrogens is 435 g/mol. The van der Waals surface area contributed by atoms with Crippen molar-refractivity contribution in [2.45, 2.75) is 6.42 Å². The zero-order valence-corrected chi connectivity index (χ0v) is 16.9. The van der Waals surface area contributed by atoms with E-state index < -0.39 is 0 Å². The second-order valence-electron chi connectivity index (χ2n) is 6.55. The third kappa shape index (κ3) is 4.63. The fraction of sp³-hybridized carbons (Fsp3) is 0.0909. The summed E-state index contributed by atoms with van der Waals surface area (Å²) in [5, 5.41) is 13.6. The SMILES string of the molecule is Oc1ccc(Br)cc1-c1cc(-c2cccc(F)c2)cc(NCCc2cnc[nH]2)n1. The summed E-state index contributed by atoms with van der Waals surface area (Å²) in [4.78, 5) is 11.7. The molecule has 2 aromatic carbocycles. The normalized spacial score (nSPS) is 10.8. The number of nitrogens with zero attached hydrogens (tertiary/aromatic N) is 2. The van der Waals surface area contributed by atoms with E-state index >= 15 is 0 Å². The summed E-state index contributed by atoms with van der Waals surface area (Å²) in [5.74, 6) is 0.459. The summed E-state index contributed by atoms with van der Waals surface area (Å²) in [6, 6.07) is 15.3. The molecule has 146 valence electrons. The van der Waals surface area contributed by atoms with Crippen molar-refractivity contribution in [3.8, 4) is 28.1 Å². The first-order valence-corrected chi connectivity index (χ1v) is 9.86. The maximum absolute atomic E-state index is 13.8. The number of halogens is 2. The largest absolute Gasteiger partial charge is 0.507 e. The van der Waals surface area contributed by atoms with Crippen LogP contribution in [-0.2, 0) is 6.42 Å². The molecule has 0 radical (unpaired) electrons. The maximum atomic E-state index is 13.8. The lowest BCUT2D eigenvalue weighted by Gasteiger charge is -2.12. The number of benzene rings is 2. The predicted octanol–water partition coefficient (Wildman–Crippen LogP) is 5.40. The van der Waals surface area contributed by atoms with E-state index in [1.807, 2.05) is 18.2 Å². The molecule has 0 aliphatic rings. The molecule has 0 atom stereocenters. The molecule has 0 spiro atoms. The Balaban J connectivity index is 1.71. The summed E-state index contributed by atoms with van der Waals surface area (Å²) in [6.07, 6.45) is 4.18. The molecule has 0 aliphatic carbocycles. The molecule has 2 heterocycles. The second-order valence-corrected chi connectivity index (χ2v) is 7.47. The zero-order valence-electron chi connectivity index (χ0n) is 15.4. The molecule has 0 amide bonds. The summed E-state index contributed by atoms with van der Waals surface area (Å²) in [6.45, 7) is 0.645. The minimum Gasteiger partial charge on any atom is -0.507 e. The van der Waals surface area contributed by atoms with Gasteiger partial charge in [0.2, 0.25) is 0 Å². The van der Waals surface area contributed by atoms with Crippen LogP contribution in [0.25, 0.3) is 22.4 Å². The Morgan fingerprint density at radius 3 is 2.76 bits per heavy atom. The highest BCUT2D eigenvalue weighted by Gasteiger charge is 2.11. The molecule has 0 saturated heterocycles. The van der Waals surface area contributed by atoms with Crippen molar-refractivity contribution in [1.29, 1.82) is 0 Å². The van der Waals surface area contributed by atoms with Gasteiger partial charge < -0.3 is 15.4 Å². The van der Waals surface area contributed by atoms with Gasteiger partial charge in [0.15, 0.2) is 0 Å². The van der Waals surface area contributed by atoms with Crippen molar-refractivity contribution in [3.05, 3.63) is 83.1 Å². The van der Waals surface area contributed by atoms with Gasteiger partial charge in [-0.25, -0.2) is 14.4 Å². The molecule has 3 N–H and O–H groups in total. The molecule has 0 saturated carbocycles. The highest BCUT2D eigenvalue weighted by Crippen LogP contribution is 2.34. The van der Waals surface area contributed by atoms with Gasteiger partial charge in [0, 0.05) is 34.9 Å². The van der Waals surface area contributed by atoms with Gasteiger partial charge in [-0.15, -0.1) is 0 Å². The van der Waals surface area contributed by atoms with Crippen molar-refractivity contribution in [2.24, 2.45) is 0 Å². The van der Waals surface area contributed by atoms with Crippen LogP contribution < -0.4 is 5.32 Å². The molecule has 7 heteroatoms. The third-order valence-corrected chi connectivity index (χ3v) is 4.97. The average molecular weight is 453 g/mol. The van der Waals surface area contributed by atoms with Gasteiger partial charge in [-0.05, 0) is 53.6 Å². The smallest absolute Gasteiger partial charge is 0.127 e. The van der Waals surface area contributed by atoms with Crippen molar-refractivity contribution in [1.82, 2.24) is 15.0 Å². The molecule has 0 aliphatic heterocycles. The Morgan fingerprint density at radius 1 is 1.07 bits per heavy atom. The van der Waals surface area contributed by atoms with Gasteiger partial charge in [-0.2, -0.15) is 0 Å². The molecule has 4 aromatic rings. The number of aromatic amines is 1. The number of aromatic nitrogens is 3. The van der Waals surface area contributed by atoms with E-state index in [9.17, 15) is 9.50 Å². The minimum atomic E-state index is -0.306. The fourth-order valence-electron chi connectivity index (χ4n) is 3.05. The first-order valence-electron chi connectivity index (χ1n) is 9.06. The van der Waals surface area contributed by atoms with Crippen LogP contribution in [0.4, 0.5) is 10.2 Å². The standard InChI is InChI=1S/C22H18BrFN4O/c23-16-4-5-21(29)19(11-16)20-9-15(14-2-1-3-17(24)8-14)10-22(28-20)26-7-6-18-12-25-13-27-18/h1-5,8-13,29H,6-7H2,(H,25,27)(H,26,28). The van der Waals surface area contributed by atoms with Crippen LogP contribution >= 0.6 is 15.9 Å². The van der Waals surface area contributed by atoms with Gasteiger partial charge >= 0.3 is 0 Å². The molecular formula is C22H18BrFN4O. The molecule has 0 fully saturated rings. The zero-order chi connectivity index (χ0) is 20.2. The number of aromatic hydroxyl groups is 1. The van der Waals surface area contributed by atoms with Crippen LogP contribution in [0.15, 0.2) is 71.6 Å². The quantitative estimate of drug-likeness (QED) is 0.366. The Labute approximate surface area is 175 Å². The Bertz CT molecular complexity index is 1130. The Morgan fingerprint density at radius 2 is 1.97 bits per heavy atom. The van der Waals surface area contributed by atoms with Crippen LogP contribution in [0.1, 0.15) is 5.69 Å². The number of nitrogens with one attached hydrogen (secondary N) is 2. The van der Waals surface area contributed by atoms with Gasteiger partial charge in [0.05, 0.1) is 12.0 Å². The Hall–Kier alpha value is -3.19. The Kier molecular flexibility index (Phi) is 5.57. The minimum absolute atomic E-state index is 0.125. The fourth-order valence-corrected chi connectivity index (χ4v) is 3.41. The summed E-state index contributed by atoms with van der Waals surface area (Å²) in [7, 11) is 0. The van der Waals surface area contributed by atoms with Crippen LogP contribution in [0, 0.1) is 5.82 Å². The topological polar surface area (TPSA) is 73.8 Å². The molecule has 29 heavy (non-hydrogen) atoms. The van der Waals surface area contributed by atoms with Gasteiger partial charge in [-0.1, -0.05) is 28.1 Å². The van der Waals surface area contributed by atoms with E-state index in [1.165, 1.54) is 12.1 Å². The van der Waals surface area contributed by atoms with Crippen LogP contribution in [0.3, 0.4) is 0 Å². The monoisotopic (exact) mass is 452 g/mol. The van der Waals surface area contributed by atoms with Gasteiger partial charge in [0.25, 0.3) is 0 Å². The first-order chi connectivity index (χ1) is 14.1. The van der Waals surface area contributed by atoms with Crippen molar-refractivity contribution >= 4 is 21.7 Å². The van der Waals surface area contributed by atoms with E-state index in [0.717, 1.165) is 27.7 Å². The van der Waals surface area contributed by atoms with Crippen LogP contribution in [-0.4, -0.2) is 26.6 Å². The van der Waals surface area contributed by atoms with Crippen LogP contribution in [0.2, 0.25) is 0 Å². The third-order valence-electron chi connectivity index (χ3n) is 4.47. The van der Waals surface area contributed by atoms with Gasteiger partial charge in [-0.3, -0.25) is 0 Å². The lowest BCUT2D eigenvalue weighted by Crippen LogP contribution is -2.07. The average Bonchev–Trinajstić information content (AvgIpc) is 3.23. The molecule has 4 rings (SSSR count). The number of H-pyrrole nitrogens is 1. The first kappa shape index (κ1) is 19.1. The lowest BCUT2D eigenvalue weighted by molar-refractivity contribution is 0.477. The van der Waals surface area contributed by atoms with E-state index in [1.54, 1.807) is 36.8 Å². The summed E-state index contributed by atoms with van der Waals surface area (Å²) >= 11 is 3.44. The number of hydrogen-bond acceptors (Lipinski definition) is 4. The van der Waals surface area contributed by atoms with E-state index in [2.05, 4.69) is 36.2 Å². The molecule has 5 nitrogen and oxygen atoms in total. The summed E-state index contributed by atoms with van der Waals surface area (Å²) in [5.41, 5.74) is 3.74. The number of anilines is 1. The van der Waals surface area contributed by atoms with Crippen LogP contribution in [0.5, 0.6) is 5.75 Å². The van der Waals surface area contributed by atoms with E-state index in [-0.39, 0.29) is 11.6 Å². The number of phenols is 1. The van der Waals surface area contributed by atoms with E-state index in [4.69, 9.17) is 0 Å². The molecule has 0 bridgehead atoms. The highest BCUT2D eigenvalue weighted by atomic mass is 79.9. The van der Waals surface area contributed by atoms with Crippen molar-refractivity contribution in [2.75, 3.05) is 11.9 Å². The maximum Gasteiger partial charge on any atom is 0.127 e. The molecule has 2 aromatic heterocycles. The summed E-state index contributed by atoms with van der Waals surface area (Å²) < 4.78 is 14.6. The number of pyridine rings is 1. The van der Waals surface area contributed by atoms with Gasteiger partial charge in [0.1, 0.15) is 17.4 Å². The van der Waals surface area contributed by atoms with E-state index in [0.29, 0.717) is 23.6 Å². The van der Waals surface area contributed by atoms with Crippen molar-refractivity contribution < 1.29 is 9.50 Å².